The van der Waals surface area contributed by atoms with Crippen molar-refractivity contribution < 1.29 is 0 Å². The second-order valence-corrected chi connectivity index (χ2v) is 7.37. The van der Waals surface area contributed by atoms with Crippen LogP contribution in [0.25, 0.3) is 0 Å². The van der Waals surface area contributed by atoms with E-state index in [-0.39, 0.29) is 5.92 Å². The highest BCUT2D eigenvalue weighted by atomic mass is 16.3. The molecule has 132 valence electrons. The normalized spacial score (nSPS) is 19.7. The Kier molecular flexibility index (Phi) is 6.70. The van der Waals surface area contributed by atoms with Gasteiger partial charge in [0.15, 0.2) is 0 Å². The Morgan fingerprint density at radius 1 is 1.40 bits per heavy atom. The van der Waals surface area contributed by atoms with Crippen LogP contribution in [0.2, 0.25) is 0 Å². The summed E-state index contributed by atoms with van der Waals surface area (Å²) in [6.07, 6.45) is 9.61. The van der Waals surface area contributed by atoms with Crippen LogP contribution in [0.5, 0.6) is 0 Å². The Bertz CT molecular complexity index is 733. The minimum absolute atomic E-state index is 0.0474. The molecule has 1 aliphatic rings. The Morgan fingerprint density at radius 2 is 2.16 bits per heavy atom. The average molecular weight is 336 g/mol. The van der Waals surface area contributed by atoms with Gasteiger partial charge < -0.3 is 0 Å². The van der Waals surface area contributed by atoms with E-state index in [4.69, 9.17) is 0 Å². The van der Waals surface area contributed by atoms with Crippen LogP contribution in [0.3, 0.4) is 0 Å². The van der Waals surface area contributed by atoms with Gasteiger partial charge in [0, 0.05) is 11.5 Å². The van der Waals surface area contributed by atoms with Gasteiger partial charge in [0.05, 0.1) is 11.6 Å². The molecule has 2 rings (SSSR count). The summed E-state index contributed by atoms with van der Waals surface area (Å²) >= 11 is 0. The second-order valence-electron chi connectivity index (χ2n) is 7.37. The van der Waals surface area contributed by atoms with E-state index in [1.807, 2.05) is 12.1 Å². The molecule has 3 nitrogen and oxygen atoms in total. The molecule has 0 aliphatic heterocycles. The third-order valence-corrected chi connectivity index (χ3v) is 4.93. The lowest BCUT2D eigenvalue weighted by Crippen LogP contribution is -2.16. The number of hydrogen-bond acceptors (Lipinski definition) is 3. The van der Waals surface area contributed by atoms with Crippen molar-refractivity contribution >= 4 is 5.69 Å². The summed E-state index contributed by atoms with van der Waals surface area (Å²) in [4.78, 5) is 11.6. The molecule has 0 unspecified atom stereocenters. The number of nitrogens with zero attached hydrogens (tertiary/aromatic N) is 2. The molecule has 0 amide bonds. The first-order valence-electron chi connectivity index (χ1n) is 9.22. The molecule has 1 aliphatic carbocycles. The standard InChI is InChI=1S/C22H28N2O/c1-5-6-7-17-12-19(14-23)22(21(13-17)24-25)20-11-16(4)8-9-18(20)10-15(2)3/h10-13,18,20H,5-9H2,1-4H3/t18-,20+/m0/s1. The van der Waals surface area contributed by atoms with Crippen molar-refractivity contribution in [3.8, 4) is 6.07 Å². The summed E-state index contributed by atoms with van der Waals surface area (Å²) in [6, 6.07) is 6.16. The Balaban J connectivity index is 2.58. The molecule has 0 heterocycles. The van der Waals surface area contributed by atoms with Gasteiger partial charge in [-0.25, -0.2) is 0 Å². The van der Waals surface area contributed by atoms with Crippen LogP contribution in [0.4, 0.5) is 5.69 Å². The number of nitroso groups, excluding NO2 is 1. The molecule has 0 aromatic heterocycles. The highest BCUT2D eigenvalue weighted by Gasteiger charge is 2.28. The molecule has 1 aromatic carbocycles. The van der Waals surface area contributed by atoms with Gasteiger partial charge in [0.25, 0.3) is 0 Å². The number of allylic oxidation sites excluding steroid dienone is 4. The van der Waals surface area contributed by atoms with Crippen LogP contribution in [0.15, 0.2) is 40.6 Å². The molecule has 0 N–H and O–H groups in total. The maximum Gasteiger partial charge on any atom is 0.113 e. The molecule has 25 heavy (non-hydrogen) atoms. The number of aryl methyl sites for hydroxylation is 1. The lowest BCUT2D eigenvalue weighted by molar-refractivity contribution is 0.504. The topological polar surface area (TPSA) is 53.2 Å². The van der Waals surface area contributed by atoms with E-state index in [0.29, 0.717) is 17.2 Å². The van der Waals surface area contributed by atoms with Gasteiger partial charge >= 0.3 is 0 Å². The molecule has 0 saturated carbocycles. The van der Waals surface area contributed by atoms with Crippen molar-refractivity contribution in [2.24, 2.45) is 11.1 Å². The molecule has 0 fully saturated rings. The largest absolute Gasteiger partial charge is 0.192 e. The van der Waals surface area contributed by atoms with Gasteiger partial charge in [-0.15, -0.1) is 4.91 Å². The van der Waals surface area contributed by atoms with Crippen molar-refractivity contribution in [3.63, 3.8) is 0 Å². The van der Waals surface area contributed by atoms with E-state index in [1.54, 1.807) is 0 Å². The van der Waals surface area contributed by atoms with Crippen molar-refractivity contribution in [2.45, 2.75) is 65.7 Å². The highest BCUT2D eigenvalue weighted by molar-refractivity contribution is 5.60. The van der Waals surface area contributed by atoms with Crippen LogP contribution in [-0.2, 0) is 6.42 Å². The lowest BCUT2D eigenvalue weighted by Gasteiger charge is -2.29. The van der Waals surface area contributed by atoms with Crippen LogP contribution in [0, 0.1) is 22.2 Å². The average Bonchev–Trinajstić information content (AvgIpc) is 2.60. The fourth-order valence-corrected chi connectivity index (χ4v) is 3.74. The Labute approximate surface area is 151 Å². The second kappa shape index (κ2) is 8.76. The molecule has 3 heteroatoms. The summed E-state index contributed by atoms with van der Waals surface area (Å²) in [5.74, 6) is 0.356. The van der Waals surface area contributed by atoms with Crippen molar-refractivity contribution in [3.05, 3.63) is 57.0 Å². The maximum atomic E-state index is 11.6. The van der Waals surface area contributed by atoms with E-state index in [1.165, 1.54) is 11.1 Å². The van der Waals surface area contributed by atoms with Crippen LogP contribution < -0.4 is 0 Å². The minimum atomic E-state index is 0.0474. The predicted molar refractivity (Wildman–Crippen MR) is 104 cm³/mol. The van der Waals surface area contributed by atoms with Gasteiger partial charge in [0.2, 0.25) is 0 Å². The summed E-state index contributed by atoms with van der Waals surface area (Å²) < 4.78 is 0. The maximum absolute atomic E-state index is 11.6. The number of unbranched alkanes of at least 4 members (excludes halogenated alkanes) is 1. The lowest BCUT2D eigenvalue weighted by atomic mass is 9.74. The van der Waals surface area contributed by atoms with E-state index < -0.39 is 0 Å². The fraction of sp³-hybridized carbons (Fsp3) is 0.500. The molecule has 2 atom stereocenters. The van der Waals surface area contributed by atoms with Crippen molar-refractivity contribution in [1.29, 1.82) is 5.26 Å². The van der Waals surface area contributed by atoms with Gasteiger partial charge in [0.1, 0.15) is 5.69 Å². The molecule has 0 saturated heterocycles. The number of rotatable bonds is 6. The quantitative estimate of drug-likeness (QED) is 0.428. The van der Waals surface area contributed by atoms with E-state index in [9.17, 15) is 10.2 Å². The molecule has 1 aromatic rings. The highest BCUT2D eigenvalue weighted by Crippen LogP contribution is 2.43. The summed E-state index contributed by atoms with van der Waals surface area (Å²) in [6.45, 7) is 8.46. The van der Waals surface area contributed by atoms with Crippen molar-refractivity contribution in [1.82, 2.24) is 0 Å². The first kappa shape index (κ1) is 19.1. The summed E-state index contributed by atoms with van der Waals surface area (Å²) in [5.41, 5.74) is 5.46. The third-order valence-electron chi connectivity index (χ3n) is 4.93. The zero-order valence-corrected chi connectivity index (χ0v) is 15.8. The smallest absolute Gasteiger partial charge is 0.113 e. The van der Waals surface area contributed by atoms with Crippen LogP contribution in [0.1, 0.15) is 76.0 Å². The third kappa shape index (κ3) is 4.66. The van der Waals surface area contributed by atoms with Gasteiger partial charge in [-0.2, -0.15) is 5.26 Å². The Morgan fingerprint density at radius 3 is 2.76 bits per heavy atom. The van der Waals surface area contributed by atoms with Crippen LogP contribution >= 0.6 is 0 Å². The predicted octanol–water partition coefficient (Wildman–Crippen LogP) is 6.70. The first-order valence-corrected chi connectivity index (χ1v) is 9.22. The Hall–Kier alpha value is -2.21. The number of nitriles is 1. The van der Waals surface area contributed by atoms with E-state index >= 15 is 0 Å². The molecular weight excluding hydrogens is 308 g/mol. The molecular formula is C22H28N2O. The molecule has 0 spiro atoms. The fourth-order valence-electron chi connectivity index (χ4n) is 3.74. The monoisotopic (exact) mass is 336 g/mol. The zero-order valence-electron chi connectivity index (χ0n) is 15.8. The molecule has 0 bridgehead atoms. The number of hydrogen-bond donors (Lipinski definition) is 0. The van der Waals surface area contributed by atoms with Gasteiger partial charge in [-0.3, -0.25) is 0 Å². The molecule has 0 radical (unpaired) electrons. The zero-order chi connectivity index (χ0) is 18.4. The SMILES string of the molecule is CCCCc1cc(C#N)c([C@@H]2C=C(C)CC[C@H]2C=C(C)C)c(N=O)c1. The summed E-state index contributed by atoms with van der Waals surface area (Å²) in [7, 11) is 0. The van der Waals surface area contributed by atoms with E-state index in [2.05, 4.69) is 51.1 Å². The summed E-state index contributed by atoms with van der Waals surface area (Å²) in [5, 5.41) is 13.0. The van der Waals surface area contributed by atoms with Crippen LogP contribution in [-0.4, -0.2) is 0 Å². The van der Waals surface area contributed by atoms with Crippen molar-refractivity contribution in [2.75, 3.05) is 0 Å². The van der Waals surface area contributed by atoms with E-state index in [0.717, 1.165) is 43.2 Å². The minimum Gasteiger partial charge on any atom is -0.192 e. The first-order chi connectivity index (χ1) is 12.0. The van der Waals surface area contributed by atoms with Gasteiger partial charge in [-0.1, -0.05) is 36.6 Å². The van der Waals surface area contributed by atoms with Gasteiger partial charge in [-0.05, 0) is 75.2 Å². The number of benzene rings is 1.